The van der Waals surface area contributed by atoms with Gasteiger partial charge in [-0.05, 0) is 74.9 Å². The lowest BCUT2D eigenvalue weighted by atomic mass is 9.77. The van der Waals surface area contributed by atoms with E-state index >= 15 is 0 Å². The molecule has 5 rings (SSSR count). The van der Waals surface area contributed by atoms with Crippen LogP contribution in [0.25, 0.3) is 10.8 Å². The number of fused-ring (bicyclic) bond motifs is 1. The minimum atomic E-state index is -0.629. The van der Waals surface area contributed by atoms with E-state index in [0.29, 0.717) is 23.2 Å². The number of carbonyl (C=O) groups excluding carboxylic acids is 1. The second-order valence-corrected chi connectivity index (χ2v) is 9.59. The molecule has 1 aliphatic heterocycles. The lowest BCUT2D eigenvalue weighted by Gasteiger charge is -2.35. The van der Waals surface area contributed by atoms with Gasteiger partial charge in [0, 0.05) is 17.6 Å². The molecule has 2 N–H and O–H groups in total. The number of aromatic nitrogens is 1. The number of carbonyl (C=O) groups is 1. The number of nitrogens with one attached hydrogen (secondary N) is 2. The molecule has 1 saturated heterocycles. The number of benzene rings is 2. The van der Waals surface area contributed by atoms with Gasteiger partial charge in [-0.1, -0.05) is 30.7 Å². The van der Waals surface area contributed by atoms with Crippen LogP contribution in [-0.2, 0) is 6.54 Å². The summed E-state index contributed by atoms with van der Waals surface area (Å²) in [6, 6.07) is 10.4. The summed E-state index contributed by atoms with van der Waals surface area (Å²) < 4.78 is 30.4. The van der Waals surface area contributed by atoms with Crippen molar-refractivity contribution >= 4 is 16.7 Å². The van der Waals surface area contributed by atoms with E-state index in [-0.39, 0.29) is 35.0 Å². The first-order valence-electron chi connectivity index (χ1n) is 12.0. The molecule has 34 heavy (non-hydrogen) atoms. The Hall–Kier alpha value is -3.06. The summed E-state index contributed by atoms with van der Waals surface area (Å²) in [4.78, 5) is 27.1. The third kappa shape index (κ3) is 4.13. The fourth-order valence-corrected chi connectivity index (χ4v) is 5.36. The molecule has 2 aromatic carbocycles. The molecule has 2 unspecified atom stereocenters. The summed E-state index contributed by atoms with van der Waals surface area (Å²) in [5.41, 5.74) is 1.14. The summed E-state index contributed by atoms with van der Waals surface area (Å²) in [5, 5.41) is 6.66. The number of halogens is 2. The predicted molar refractivity (Wildman–Crippen MR) is 128 cm³/mol. The Kier molecular flexibility index (Phi) is 6.21. The molecule has 2 fully saturated rings. The van der Waals surface area contributed by atoms with Crippen LogP contribution < -0.4 is 16.2 Å². The maximum atomic E-state index is 14.9. The van der Waals surface area contributed by atoms with Crippen LogP contribution in [0, 0.1) is 30.4 Å². The maximum absolute atomic E-state index is 14.9. The molecule has 0 bridgehead atoms. The zero-order chi connectivity index (χ0) is 23.8. The zero-order valence-corrected chi connectivity index (χ0v) is 19.2. The first-order chi connectivity index (χ1) is 16.4. The molecule has 1 aromatic heterocycles. The van der Waals surface area contributed by atoms with E-state index in [9.17, 15) is 18.4 Å². The molecule has 178 valence electrons. The van der Waals surface area contributed by atoms with Crippen molar-refractivity contribution in [1.29, 1.82) is 0 Å². The Balaban J connectivity index is 1.59. The lowest BCUT2D eigenvalue weighted by Crippen LogP contribution is -2.38. The van der Waals surface area contributed by atoms with E-state index in [1.54, 1.807) is 23.6 Å². The number of pyridine rings is 1. The van der Waals surface area contributed by atoms with Gasteiger partial charge < -0.3 is 15.2 Å². The fraction of sp³-hybridized carbons (Fsp3) is 0.407. The fourth-order valence-electron chi connectivity index (χ4n) is 5.36. The van der Waals surface area contributed by atoms with Gasteiger partial charge >= 0.3 is 0 Å². The molecule has 1 amide bonds. The minimum Gasteiger partial charge on any atom is -0.345 e. The van der Waals surface area contributed by atoms with Crippen molar-refractivity contribution in [3.63, 3.8) is 0 Å². The smallest absolute Gasteiger partial charge is 0.261 e. The summed E-state index contributed by atoms with van der Waals surface area (Å²) >= 11 is 0. The SMILES string of the molecule is Cc1c(C(=O)NC(c2cccc(F)c2)C2CCC2)c2cccc(F)c2c(=O)n1CC1CCNC1. The third-order valence-corrected chi connectivity index (χ3v) is 7.45. The van der Waals surface area contributed by atoms with Crippen LogP contribution in [0.15, 0.2) is 47.3 Å². The van der Waals surface area contributed by atoms with Crippen LogP contribution in [-0.4, -0.2) is 23.6 Å². The molecule has 3 aromatic rings. The largest absolute Gasteiger partial charge is 0.345 e. The van der Waals surface area contributed by atoms with Crippen molar-refractivity contribution < 1.29 is 13.6 Å². The molecule has 5 nitrogen and oxygen atoms in total. The van der Waals surface area contributed by atoms with Crippen molar-refractivity contribution in [3.8, 4) is 0 Å². The Morgan fingerprint density at radius 2 is 1.97 bits per heavy atom. The van der Waals surface area contributed by atoms with E-state index in [2.05, 4.69) is 10.6 Å². The molecule has 7 heteroatoms. The van der Waals surface area contributed by atoms with Gasteiger partial charge in [0.15, 0.2) is 0 Å². The second kappa shape index (κ2) is 9.29. The van der Waals surface area contributed by atoms with Crippen molar-refractivity contribution in [2.45, 2.75) is 45.2 Å². The Morgan fingerprint density at radius 3 is 2.65 bits per heavy atom. The first kappa shape index (κ1) is 22.7. The highest BCUT2D eigenvalue weighted by Crippen LogP contribution is 2.38. The van der Waals surface area contributed by atoms with Gasteiger partial charge in [0.05, 0.1) is 17.0 Å². The van der Waals surface area contributed by atoms with Crippen molar-refractivity contribution in [2.75, 3.05) is 13.1 Å². The van der Waals surface area contributed by atoms with E-state index in [4.69, 9.17) is 0 Å². The predicted octanol–water partition coefficient (Wildman–Crippen LogP) is 4.47. The standard InChI is InChI=1S/C27H29F2N3O2/c1-16-23(26(33)31-25(18-5-2-6-18)19-7-3-8-20(28)13-19)21-9-4-10-22(29)24(21)27(34)32(16)15-17-11-12-30-14-17/h3-4,7-10,13,17-18,25,30H,2,5-6,11-12,14-15H2,1H3,(H,31,33). The first-order valence-corrected chi connectivity index (χ1v) is 12.0. The van der Waals surface area contributed by atoms with Gasteiger partial charge in [0.2, 0.25) is 0 Å². The molecule has 0 radical (unpaired) electrons. The second-order valence-electron chi connectivity index (χ2n) is 9.59. The maximum Gasteiger partial charge on any atom is 0.261 e. The van der Waals surface area contributed by atoms with Crippen molar-refractivity contribution in [3.05, 3.63) is 81.3 Å². The minimum absolute atomic E-state index is 0.0600. The average molecular weight is 466 g/mol. The van der Waals surface area contributed by atoms with Crippen LogP contribution >= 0.6 is 0 Å². The molecular weight excluding hydrogens is 436 g/mol. The van der Waals surface area contributed by atoms with E-state index in [0.717, 1.165) is 44.3 Å². The summed E-state index contributed by atoms with van der Waals surface area (Å²) in [5.74, 6) is -0.891. The highest BCUT2D eigenvalue weighted by molar-refractivity contribution is 6.08. The summed E-state index contributed by atoms with van der Waals surface area (Å²) in [7, 11) is 0. The number of nitrogens with zero attached hydrogens (tertiary/aromatic N) is 1. The highest BCUT2D eigenvalue weighted by atomic mass is 19.1. The normalized spacial score (nSPS) is 19.2. The third-order valence-electron chi connectivity index (χ3n) is 7.45. The van der Waals surface area contributed by atoms with Crippen LogP contribution in [0.1, 0.15) is 53.3 Å². The number of rotatable bonds is 6. The average Bonchev–Trinajstić information content (AvgIpc) is 3.28. The topological polar surface area (TPSA) is 63.1 Å². The van der Waals surface area contributed by atoms with Gasteiger partial charge in [-0.3, -0.25) is 9.59 Å². The van der Waals surface area contributed by atoms with Crippen LogP contribution in [0.4, 0.5) is 8.78 Å². The van der Waals surface area contributed by atoms with E-state index < -0.39 is 11.4 Å². The lowest BCUT2D eigenvalue weighted by molar-refractivity contribution is 0.0900. The molecule has 2 aliphatic rings. The van der Waals surface area contributed by atoms with Crippen LogP contribution in [0.3, 0.4) is 0 Å². The van der Waals surface area contributed by atoms with Gasteiger partial charge in [0.1, 0.15) is 11.6 Å². The highest BCUT2D eigenvalue weighted by Gasteiger charge is 2.32. The van der Waals surface area contributed by atoms with Gasteiger partial charge in [-0.2, -0.15) is 0 Å². The summed E-state index contributed by atoms with van der Waals surface area (Å²) in [6.07, 6.45) is 3.89. The van der Waals surface area contributed by atoms with Crippen molar-refractivity contribution in [1.82, 2.24) is 15.2 Å². The van der Waals surface area contributed by atoms with Crippen molar-refractivity contribution in [2.24, 2.45) is 11.8 Å². The quantitative estimate of drug-likeness (QED) is 0.565. The molecule has 2 heterocycles. The Morgan fingerprint density at radius 1 is 1.18 bits per heavy atom. The summed E-state index contributed by atoms with van der Waals surface area (Å²) in [6.45, 7) is 3.85. The molecule has 1 aliphatic carbocycles. The van der Waals surface area contributed by atoms with E-state index in [1.165, 1.54) is 24.3 Å². The molecular formula is C27H29F2N3O2. The van der Waals surface area contributed by atoms with Gasteiger partial charge in [-0.15, -0.1) is 0 Å². The molecule has 2 atom stereocenters. The molecule has 1 saturated carbocycles. The van der Waals surface area contributed by atoms with Crippen LogP contribution in [0.2, 0.25) is 0 Å². The number of hydrogen-bond donors (Lipinski definition) is 2. The zero-order valence-electron chi connectivity index (χ0n) is 19.2. The van der Waals surface area contributed by atoms with E-state index in [1.807, 2.05) is 6.07 Å². The molecule has 0 spiro atoms. The Labute approximate surface area is 197 Å². The van der Waals surface area contributed by atoms with Crippen LogP contribution in [0.5, 0.6) is 0 Å². The van der Waals surface area contributed by atoms with Gasteiger partial charge in [0.25, 0.3) is 11.5 Å². The number of amides is 1. The van der Waals surface area contributed by atoms with Gasteiger partial charge in [-0.25, -0.2) is 8.78 Å². The monoisotopic (exact) mass is 465 g/mol. The number of hydrogen-bond acceptors (Lipinski definition) is 3. The Bertz CT molecular complexity index is 1290.